The van der Waals surface area contributed by atoms with Gasteiger partial charge >= 0.3 is 6.18 Å². The number of hydrogen-bond donors (Lipinski definition) is 2. The number of nitrogens with zero attached hydrogens (tertiary/aromatic N) is 4. The smallest absolute Gasteiger partial charge is 0.384 e. The molecule has 3 N–H and O–H groups in total. The molecule has 0 bridgehead atoms. The van der Waals surface area contributed by atoms with Gasteiger partial charge in [0.15, 0.2) is 0 Å². The third kappa shape index (κ3) is 4.43. The molecule has 0 amide bonds. The van der Waals surface area contributed by atoms with Gasteiger partial charge in [0.05, 0.1) is 24.5 Å². The number of nitrogens with one attached hydrogen (secondary N) is 1. The summed E-state index contributed by atoms with van der Waals surface area (Å²) in [5, 5.41) is 3.04. The molecule has 1 saturated heterocycles. The quantitative estimate of drug-likeness (QED) is 0.674. The van der Waals surface area contributed by atoms with Crippen molar-refractivity contribution in [2.24, 2.45) is 0 Å². The van der Waals surface area contributed by atoms with Gasteiger partial charge in [-0.3, -0.25) is 0 Å². The Morgan fingerprint density at radius 1 is 1.10 bits per heavy atom. The lowest BCUT2D eigenvalue weighted by Crippen LogP contribution is -2.36. The fraction of sp³-hybridized carbons (Fsp3) is 0.250. The summed E-state index contributed by atoms with van der Waals surface area (Å²) < 4.78 is 46.3. The van der Waals surface area contributed by atoms with Crippen molar-refractivity contribution >= 4 is 23.3 Å². The van der Waals surface area contributed by atoms with Gasteiger partial charge in [-0.1, -0.05) is 12.1 Å². The minimum absolute atomic E-state index is 0.0938. The maximum absolute atomic E-state index is 13.6. The topological polar surface area (TPSA) is 89.2 Å². The summed E-state index contributed by atoms with van der Waals surface area (Å²) in [5.74, 6) is 0.454. The highest BCUT2D eigenvalue weighted by Gasteiger charge is 2.35. The summed E-state index contributed by atoms with van der Waals surface area (Å²) in [6.07, 6.45) is -3.52. The highest BCUT2D eigenvalue weighted by atomic mass is 19.4. The van der Waals surface area contributed by atoms with Crippen molar-refractivity contribution in [1.29, 1.82) is 0 Å². The molecular formula is C20H18F3N6O. The molecule has 155 valence electrons. The molecule has 2 aromatic heterocycles. The molecule has 1 aliphatic heterocycles. The minimum atomic E-state index is -4.61. The Morgan fingerprint density at radius 3 is 2.53 bits per heavy atom. The first kappa shape index (κ1) is 19.9. The van der Waals surface area contributed by atoms with E-state index in [1.54, 1.807) is 24.3 Å². The van der Waals surface area contributed by atoms with E-state index in [2.05, 4.69) is 26.3 Å². The van der Waals surface area contributed by atoms with Crippen LogP contribution in [0.1, 0.15) is 5.56 Å². The van der Waals surface area contributed by atoms with Crippen LogP contribution in [-0.2, 0) is 10.9 Å². The van der Waals surface area contributed by atoms with Crippen molar-refractivity contribution in [2.45, 2.75) is 6.18 Å². The van der Waals surface area contributed by atoms with Crippen LogP contribution in [0.2, 0.25) is 0 Å². The molecule has 30 heavy (non-hydrogen) atoms. The van der Waals surface area contributed by atoms with E-state index < -0.39 is 11.7 Å². The SMILES string of the molecule is Nc1cc(C(F)(F)F)c(-c2cc(N3CCOCC3)nc(Nc3cc[c]cc3)n2)cn1. The van der Waals surface area contributed by atoms with E-state index in [0.29, 0.717) is 37.8 Å². The molecule has 4 rings (SSSR count). The van der Waals surface area contributed by atoms with Gasteiger partial charge in [-0.05, 0) is 24.3 Å². The Bertz CT molecular complexity index is 1020. The fourth-order valence-corrected chi connectivity index (χ4v) is 3.09. The zero-order valence-corrected chi connectivity index (χ0v) is 15.8. The van der Waals surface area contributed by atoms with Gasteiger partial charge in [0.25, 0.3) is 0 Å². The first-order valence-corrected chi connectivity index (χ1v) is 9.18. The number of anilines is 4. The highest BCUT2D eigenvalue weighted by Crippen LogP contribution is 2.38. The predicted molar refractivity (Wildman–Crippen MR) is 106 cm³/mol. The van der Waals surface area contributed by atoms with Crippen LogP contribution >= 0.6 is 0 Å². The number of aromatic nitrogens is 3. The maximum Gasteiger partial charge on any atom is 0.417 e. The Labute approximate surface area is 170 Å². The molecule has 3 aromatic rings. The van der Waals surface area contributed by atoms with Crippen LogP contribution in [-0.4, -0.2) is 41.3 Å². The lowest BCUT2D eigenvalue weighted by molar-refractivity contribution is -0.137. The molecule has 1 aliphatic rings. The van der Waals surface area contributed by atoms with Crippen LogP contribution in [0.15, 0.2) is 42.6 Å². The molecular weight excluding hydrogens is 397 g/mol. The molecule has 7 nitrogen and oxygen atoms in total. The second kappa shape index (κ2) is 8.15. The Hall–Kier alpha value is -3.40. The molecule has 0 atom stereocenters. The largest absolute Gasteiger partial charge is 0.417 e. The second-order valence-electron chi connectivity index (χ2n) is 6.60. The molecule has 0 spiro atoms. The molecule has 1 fully saturated rings. The van der Waals surface area contributed by atoms with Crippen LogP contribution < -0.4 is 16.0 Å². The number of nitrogens with two attached hydrogens (primary N) is 1. The van der Waals surface area contributed by atoms with Gasteiger partial charge in [0.2, 0.25) is 5.95 Å². The summed E-state index contributed by atoms with van der Waals surface area (Å²) in [7, 11) is 0. The molecule has 0 saturated carbocycles. The molecule has 0 unspecified atom stereocenters. The average molecular weight is 415 g/mol. The van der Waals surface area contributed by atoms with Gasteiger partial charge in [-0.25, -0.2) is 9.97 Å². The number of benzene rings is 1. The lowest BCUT2D eigenvalue weighted by atomic mass is 10.1. The minimum Gasteiger partial charge on any atom is -0.384 e. The van der Waals surface area contributed by atoms with Crippen molar-refractivity contribution < 1.29 is 17.9 Å². The monoisotopic (exact) mass is 415 g/mol. The van der Waals surface area contributed by atoms with Crippen LogP contribution in [0.25, 0.3) is 11.3 Å². The second-order valence-corrected chi connectivity index (χ2v) is 6.60. The number of pyridine rings is 1. The van der Waals surface area contributed by atoms with Crippen LogP contribution in [0.3, 0.4) is 0 Å². The van der Waals surface area contributed by atoms with Gasteiger partial charge in [0.1, 0.15) is 11.6 Å². The van der Waals surface area contributed by atoms with Gasteiger partial charge in [-0.2, -0.15) is 18.2 Å². The van der Waals surface area contributed by atoms with Crippen LogP contribution in [0.4, 0.5) is 36.4 Å². The van der Waals surface area contributed by atoms with Gasteiger partial charge in [-0.15, -0.1) is 0 Å². The predicted octanol–water partition coefficient (Wildman–Crippen LogP) is 3.52. The highest BCUT2D eigenvalue weighted by molar-refractivity contribution is 5.70. The van der Waals surface area contributed by atoms with E-state index in [-0.39, 0.29) is 23.0 Å². The molecule has 1 aromatic carbocycles. The normalized spacial score (nSPS) is 14.6. The van der Waals surface area contributed by atoms with Crippen molar-refractivity contribution in [3.05, 3.63) is 54.2 Å². The zero-order valence-electron chi connectivity index (χ0n) is 15.8. The van der Waals surface area contributed by atoms with E-state index in [4.69, 9.17) is 10.5 Å². The van der Waals surface area contributed by atoms with Crippen molar-refractivity contribution in [1.82, 2.24) is 15.0 Å². The Balaban J connectivity index is 1.82. The average Bonchev–Trinajstić information content (AvgIpc) is 2.74. The summed E-state index contributed by atoms with van der Waals surface area (Å²) in [6.45, 7) is 2.16. The number of hydrogen-bond acceptors (Lipinski definition) is 7. The van der Waals surface area contributed by atoms with Gasteiger partial charge < -0.3 is 20.7 Å². The summed E-state index contributed by atoms with van der Waals surface area (Å²) >= 11 is 0. The van der Waals surface area contributed by atoms with Crippen LogP contribution in [0.5, 0.6) is 0 Å². The first-order chi connectivity index (χ1) is 14.4. The van der Waals surface area contributed by atoms with Crippen molar-refractivity contribution in [2.75, 3.05) is 42.3 Å². The third-order valence-electron chi connectivity index (χ3n) is 4.53. The van der Waals surface area contributed by atoms with Crippen LogP contribution in [0, 0.1) is 6.07 Å². The summed E-state index contributed by atoms with van der Waals surface area (Å²) in [4.78, 5) is 14.6. The van der Waals surface area contributed by atoms with E-state index in [9.17, 15) is 13.2 Å². The molecule has 1 radical (unpaired) electrons. The number of alkyl halides is 3. The van der Waals surface area contributed by atoms with Crippen molar-refractivity contribution in [3.8, 4) is 11.3 Å². The van der Waals surface area contributed by atoms with E-state index in [1.165, 1.54) is 6.07 Å². The summed E-state index contributed by atoms with van der Waals surface area (Å²) in [5.41, 5.74) is 5.21. The number of halogens is 3. The van der Waals surface area contributed by atoms with Gasteiger partial charge in [0, 0.05) is 36.6 Å². The first-order valence-electron chi connectivity index (χ1n) is 9.18. The summed E-state index contributed by atoms with van der Waals surface area (Å²) in [6, 6.07) is 12.2. The lowest BCUT2D eigenvalue weighted by Gasteiger charge is -2.28. The Kier molecular flexibility index (Phi) is 5.40. The molecule has 10 heteroatoms. The standard InChI is InChI=1S/C20H18F3N6O/c21-20(22,23)15-10-17(24)25-12-14(15)16-11-18(29-6-8-30-9-7-29)28-19(27-16)26-13-4-2-1-3-5-13/h2-5,10-12H,6-9H2,(H2,24,25)(H,26,27,28). The molecule has 3 heterocycles. The van der Waals surface area contributed by atoms with Crippen molar-refractivity contribution in [3.63, 3.8) is 0 Å². The number of nitrogen functional groups attached to an aromatic ring is 1. The maximum atomic E-state index is 13.6. The zero-order chi connectivity index (χ0) is 21.1. The molecule has 0 aliphatic carbocycles. The number of rotatable bonds is 4. The van der Waals surface area contributed by atoms with E-state index >= 15 is 0 Å². The number of morpholine rings is 1. The van der Waals surface area contributed by atoms with E-state index in [0.717, 1.165) is 12.3 Å². The number of ether oxygens (including phenoxy) is 1. The Morgan fingerprint density at radius 2 is 1.83 bits per heavy atom. The van der Waals surface area contributed by atoms with E-state index in [1.807, 2.05) is 4.90 Å². The fourth-order valence-electron chi connectivity index (χ4n) is 3.09. The third-order valence-corrected chi connectivity index (χ3v) is 4.53.